The van der Waals surface area contributed by atoms with E-state index in [0.717, 1.165) is 38.1 Å². The lowest BCUT2D eigenvalue weighted by atomic mass is 10.2. The lowest BCUT2D eigenvalue weighted by Crippen LogP contribution is -2.46. The number of amides is 1. The molecular weight excluding hydrogens is 476 g/mol. The molecule has 4 rings (SSSR count). The van der Waals surface area contributed by atoms with Crippen molar-refractivity contribution >= 4 is 27.7 Å². The number of hydrogen-bond donors (Lipinski definition) is 1. The van der Waals surface area contributed by atoms with Crippen LogP contribution < -0.4 is 5.32 Å². The molecule has 1 unspecified atom stereocenters. The van der Waals surface area contributed by atoms with Gasteiger partial charge in [-0.05, 0) is 51.1 Å². The Bertz CT molecular complexity index is 1080. The van der Waals surface area contributed by atoms with E-state index in [1.54, 1.807) is 24.3 Å². The first-order valence-corrected chi connectivity index (χ1v) is 14.0. The van der Waals surface area contributed by atoms with Crippen LogP contribution in [-0.2, 0) is 26.1 Å². The van der Waals surface area contributed by atoms with Crippen molar-refractivity contribution in [3.05, 3.63) is 24.3 Å². The van der Waals surface area contributed by atoms with Crippen LogP contribution in [0.1, 0.15) is 19.8 Å². The summed E-state index contributed by atoms with van der Waals surface area (Å²) < 4.78 is 35.0. The minimum absolute atomic E-state index is 0.0637. The van der Waals surface area contributed by atoms with Gasteiger partial charge < -0.3 is 19.5 Å². The predicted molar refractivity (Wildman–Crippen MR) is 130 cm³/mol. The molecule has 0 radical (unpaired) electrons. The highest BCUT2D eigenvalue weighted by molar-refractivity contribution is 7.99. The number of carbonyl (C=O) groups excluding carboxylic acids is 1. The Hall–Kier alpha value is -1.99. The largest absolute Gasteiger partial charge is 0.376 e. The third-order valence-corrected chi connectivity index (χ3v) is 9.01. The lowest BCUT2D eigenvalue weighted by Gasteiger charge is -2.31. The molecule has 34 heavy (non-hydrogen) atoms. The van der Waals surface area contributed by atoms with E-state index in [0.29, 0.717) is 37.2 Å². The summed E-state index contributed by atoms with van der Waals surface area (Å²) in [6.07, 6.45) is 2.14. The van der Waals surface area contributed by atoms with Crippen molar-refractivity contribution in [1.82, 2.24) is 29.3 Å². The number of likely N-dealkylation sites (N-methyl/N-ethyl adjacent to an activating group) is 1. The van der Waals surface area contributed by atoms with E-state index >= 15 is 0 Å². The quantitative estimate of drug-likeness (QED) is 0.505. The second-order valence-electron chi connectivity index (χ2n) is 8.51. The smallest absolute Gasteiger partial charge is 0.243 e. The van der Waals surface area contributed by atoms with Crippen LogP contribution in [0.5, 0.6) is 0 Å². The van der Waals surface area contributed by atoms with Crippen molar-refractivity contribution in [2.24, 2.45) is 0 Å². The van der Waals surface area contributed by atoms with Crippen molar-refractivity contribution < 1.29 is 17.9 Å². The average Bonchev–Trinajstić information content (AvgIpc) is 3.51. The van der Waals surface area contributed by atoms with Crippen LogP contribution in [0.2, 0.25) is 0 Å². The number of piperazine rings is 1. The number of hydrogen-bond acceptors (Lipinski definition) is 8. The SMILES string of the molecule is CCn1c(SCC(=O)NCC2CCCO2)nnc1-c1ccc(S(=O)(=O)N2CCN(C)CC2)cc1. The Labute approximate surface area is 205 Å². The molecule has 2 fully saturated rings. The molecule has 1 aromatic carbocycles. The molecule has 0 aliphatic carbocycles. The lowest BCUT2D eigenvalue weighted by molar-refractivity contribution is -0.119. The Morgan fingerprint density at radius 3 is 2.56 bits per heavy atom. The van der Waals surface area contributed by atoms with E-state index in [2.05, 4.69) is 20.4 Å². The summed E-state index contributed by atoms with van der Waals surface area (Å²) in [5.74, 6) is 0.826. The van der Waals surface area contributed by atoms with Gasteiger partial charge in [0.05, 0.1) is 16.8 Å². The van der Waals surface area contributed by atoms with E-state index in [1.807, 2.05) is 18.5 Å². The van der Waals surface area contributed by atoms with Gasteiger partial charge in [0.1, 0.15) is 0 Å². The summed E-state index contributed by atoms with van der Waals surface area (Å²) in [4.78, 5) is 14.6. The Morgan fingerprint density at radius 2 is 1.91 bits per heavy atom. The van der Waals surface area contributed by atoms with Gasteiger partial charge in [0, 0.05) is 51.4 Å². The summed E-state index contributed by atoms with van der Waals surface area (Å²) in [5.41, 5.74) is 0.779. The van der Waals surface area contributed by atoms with Gasteiger partial charge in [0.2, 0.25) is 15.9 Å². The minimum Gasteiger partial charge on any atom is -0.376 e. The van der Waals surface area contributed by atoms with Crippen LogP contribution in [0.15, 0.2) is 34.3 Å². The number of thioether (sulfide) groups is 1. The zero-order chi connectivity index (χ0) is 24.1. The normalized spacial score (nSPS) is 20.0. The number of ether oxygens (including phenoxy) is 1. The molecule has 2 saturated heterocycles. The van der Waals surface area contributed by atoms with Gasteiger partial charge >= 0.3 is 0 Å². The molecule has 0 bridgehead atoms. The van der Waals surface area contributed by atoms with Gasteiger partial charge in [0.25, 0.3) is 0 Å². The molecule has 3 heterocycles. The van der Waals surface area contributed by atoms with Gasteiger partial charge in [-0.2, -0.15) is 4.31 Å². The standard InChI is InChI=1S/C22H32N6O4S2/c1-3-28-21(24-25-22(28)33-16-20(29)23-15-18-5-4-14-32-18)17-6-8-19(9-7-17)34(30,31)27-12-10-26(2)11-13-27/h6-9,18H,3-5,10-16H2,1-2H3,(H,23,29). The second kappa shape index (κ2) is 11.2. The number of rotatable bonds is 9. The van der Waals surface area contributed by atoms with Crippen LogP contribution in [0.4, 0.5) is 0 Å². The molecule has 1 amide bonds. The van der Waals surface area contributed by atoms with Gasteiger partial charge in [-0.25, -0.2) is 8.42 Å². The monoisotopic (exact) mass is 508 g/mol. The molecule has 12 heteroatoms. The van der Waals surface area contributed by atoms with Crippen molar-refractivity contribution in [3.63, 3.8) is 0 Å². The fourth-order valence-electron chi connectivity index (χ4n) is 4.06. The Kier molecular flexibility index (Phi) is 8.25. The van der Waals surface area contributed by atoms with Crippen LogP contribution in [-0.4, -0.2) is 96.5 Å². The molecule has 0 spiro atoms. The van der Waals surface area contributed by atoms with E-state index in [1.165, 1.54) is 16.1 Å². The summed E-state index contributed by atoms with van der Waals surface area (Å²) in [5, 5.41) is 12.1. The number of benzene rings is 1. The predicted octanol–water partition coefficient (Wildman–Crippen LogP) is 1.29. The molecule has 186 valence electrons. The van der Waals surface area contributed by atoms with E-state index in [9.17, 15) is 13.2 Å². The average molecular weight is 509 g/mol. The highest BCUT2D eigenvalue weighted by Gasteiger charge is 2.27. The van der Waals surface area contributed by atoms with Crippen molar-refractivity contribution in [1.29, 1.82) is 0 Å². The summed E-state index contributed by atoms with van der Waals surface area (Å²) in [7, 11) is -1.53. The van der Waals surface area contributed by atoms with Gasteiger partial charge in [-0.3, -0.25) is 4.79 Å². The summed E-state index contributed by atoms with van der Waals surface area (Å²) in [6, 6.07) is 6.79. The number of aromatic nitrogens is 3. The van der Waals surface area contributed by atoms with Crippen LogP contribution in [0.3, 0.4) is 0 Å². The first-order valence-electron chi connectivity index (χ1n) is 11.6. The maximum atomic E-state index is 13.0. The van der Waals surface area contributed by atoms with Crippen LogP contribution >= 0.6 is 11.8 Å². The van der Waals surface area contributed by atoms with Gasteiger partial charge in [-0.15, -0.1) is 10.2 Å². The molecule has 1 atom stereocenters. The Balaban J connectivity index is 1.39. The van der Waals surface area contributed by atoms with E-state index < -0.39 is 10.0 Å². The zero-order valence-corrected chi connectivity index (χ0v) is 21.3. The summed E-state index contributed by atoms with van der Waals surface area (Å²) in [6.45, 7) is 6.35. The Morgan fingerprint density at radius 1 is 1.18 bits per heavy atom. The van der Waals surface area contributed by atoms with Crippen LogP contribution in [0, 0.1) is 0 Å². The molecule has 1 aromatic heterocycles. The van der Waals surface area contributed by atoms with Gasteiger partial charge in [0.15, 0.2) is 11.0 Å². The maximum absolute atomic E-state index is 13.0. The first-order chi connectivity index (χ1) is 16.4. The number of nitrogens with one attached hydrogen (secondary N) is 1. The zero-order valence-electron chi connectivity index (χ0n) is 19.6. The van der Waals surface area contributed by atoms with Crippen molar-refractivity contribution in [2.75, 3.05) is 52.1 Å². The molecular formula is C22H32N6O4S2. The fraction of sp³-hybridized carbons (Fsp3) is 0.591. The second-order valence-corrected chi connectivity index (χ2v) is 11.4. The highest BCUT2D eigenvalue weighted by Crippen LogP contribution is 2.26. The minimum atomic E-state index is -3.52. The highest BCUT2D eigenvalue weighted by atomic mass is 32.2. The molecule has 2 aliphatic rings. The van der Waals surface area contributed by atoms with Gasteiger partial charge in [-0.1, -0.05) is 11.8 Å². The number of nitrogens with zero attached hydrogens (tertiary/aromatic N) is 5. The fourth-order valence-corrected chi connectivity index (χ4v) is 6.32. The van der Waals surface area contributed by atoms with Crippen molar-refractivity contribution in [2.45, 2.75) is 42.5 Å². The summed E-state index contributed by atoms with van der Waals surface area (Å²) >= 11 is 1.33. The number of carbonyl (C=O) groups is 1. The topological polar surface area (TPSA) is 110 Å². The molecule has 2 aromatic rings. The molecule has 0 saturated carbocycles. The third-order valence-electron chi connectivity index (χ3n) is 6.13. The van der Waals surface area contributed by atoms with Crippen LogP contribution in [0.25, 0.3) is 11.4 Å². The van der Waals surface area contributed by atoms with E-state index in [4.69, 9.17) is 4.74 Å². The van der Waals surface area contributed by atoms with E-state index in [-0.39, 0.29) is 22.7 Å². The third kappa shape index (κ3) is 5.80. The molecule has 1 N–H and O–H groups in total. The number of sulfonamides is 1. The molecule has 10 nitrogen and oxygen atoms in total. The molecule has 2 aliphatic heterocycles. The van der Waals surface area contributed by atoms with Crippen molar-refractivity contribution in [3.8, 4) is 11.4 Å². The maximum Gasteiger partial charge on any atom is 0.243 e. The first kappa shape index (κ1) is 25.1.